The molecule has 0 spiro atoms. The molecule has 0 radical (unpaired) electrons. The summed E-state index contributed by atoms with van der Waals surface area (Å²) < 4.78 is 16.2. The molecular formula is C28H38O6. The first-order valence-corrected chi connectivity index (χ1v) is 11.9. The van der Waals surface area contributed by atoms with E-state index in [2.05, 4.69) is 36.4 Å². The minimum absolute atomic E-state index is 0.120. The quantitative estimate of drug-likeness (QED) is 0.334. The van der Waals surface area contributed by atoms with Gasteiger partial charge in [0, 0.05) is 6.42 Å². The predicted octanol–water partition coefficient (Wildman–Crippen LogP) is 4.82. The minimum atomic E-state index is -0.580. The van der Waals surface area contributed by atoms with Gasteiger partial charge in [-0.15, -0.1) is 0 Å². The number of aliphatic hydroxyl groups is 1. The van der Waals surface area contributed by atoms with Crippen molar-refractivity contribution in [2.45, 2.75) is 52.6 Å². The van der Waals surface area contributed by atoms with E-state index in [0.717, 1.165) is 16.7 Å². The van der Waals surface area contributed by atoms with Gasteiger partial charge in [0.1, 0.15) is 5.60 Å². The highest BCUT2D eigenvalue weighted by atomic mass is 16.6. The third-order valence-corrected chi connectivity index (χ3v) is 5.25. The second-order valence-electron chi connectivity index (χ2n) is 9.41. The Labute approximate surface area is 203 Å². The zero-order valence-electron chi connectivity index (χ0n) is 20.8. The summed E-state index contributed by atoms with van der Waals surface area (Å²) in [7, 11) is 0. The maximum atomic E-state index is 12.6. The van der Waals surface area contributed by atoms with Crippen molar-refractivity contribution in [3.05, 3.63) is 60.2 Å². The number of hydrogen-bond donors (Lipinski definition) is 1. The van der Waals surface area contributed by atoms with E-state index < -0.39 is 11.5 Å². The van der Waals surface area contributed by atoms with Crippen LogP contribution in [0.25, 0.3) is 11.1 Å². The van der Waals surface area contributed by atoms with E-state index in [1.165, 1.54) is 0 Å². The zero-order valence-corrected chi connectivity index (χ0v) is 20.8. The van der Waals surface area contributed by atoms with Gasteiger partial charge in [-0.05, 0) is 63.1 Å². The summed E-state index contributed by atoms with van der Waals surface area (Å²) in [5.74, 6) is -1.31. The maximum Gasteiger partial charge on any atom is 0.311 e. The number of ether oxygens (including phenoxy) is 3. The van der Waals surface area contributed by atoms with Crippen LogP contribution in [0.3, 0.4) is 0 Å². The van der Waals surface area contributed by atoms with E-state index in [0.29, 0.717) is 12.8 Å². The Morgan fingerprint density at radius 1 is 0.971 bits per heavy atom. The molecule has 0 aromatic heterocycles. The topological polar surface area (TPSA) is 82.1 Å². The second-order valence-corrected chi connectivity index (χ2v) is 9.41. The number of hydrogen-bond acceptors (Lipinski definition) is 6. The second kappa shape index (κ2) is 13.9. The predicted molar refractivity (Wildman–Crippen MR) is 132 cm³/mol. The molecule has 186 valence electrons. The Morgan fingerprint density at radius 3 is 2.21 bits per heavy atom. The summed E-state index contributed by atoms with van der Waals surface area (Å²) in [6, 6.07) is 18.4. The molecule has 2 rings (SSSR count). The van der Waals surface area contributed by atoms with Crippen LogP contribution in [0.5, 0.6) is 0 Å². The van der Waals surface area contributed by atoms with Gasteiger partial charge in [0.25, 0.3) is 0 Å². The average molecular weight is 471 g/mol. The fraction of sp³-hybridized carbons (Fsp3) is 0.500. The first-order chi connectivity index (χ1) is 16.2. The van der Waals surface area contributed by atoms with Gasteiger partial charge in [0.05, 0.1) is 32.3 Å². The summed E-state index contributed by atoms with van der Waals surface area (Å²) in [5.41, 5.74) is 2.76. The summed E-state index contributed by atoms with van der Waals surface area (Å²) in [6.07, 6.45) is 1.22. The van der Waals surface area contributed by atoms with Crippen molar-refractivity contribution in [2.24, 2.45) is 11.8 Å². The molecule has 0 saturated heterocycles. The van der Waals surface area contributed by atoms with E-state index in [4.69, 9.17) is 19.3 Å². The molecular weight excluding hydrogens is 432 g/mol. The van der Waals surface area contributed by atoms with Crippen molar-refractivity contribution in [3.8, 4) is 11.1 Å². The van der Waals surface area contributed by atoms with Gasteiger partial charge in [-0.25, -0.2) is 0 Å². The van der Waals surface area contributed by atoms with E-state index in [1.54, 1.807) is 6.92 Å². The Hall–Kier alpha value is -2.70. The monoisotopic (exact) mass is 470 g/mol. The van der Waals surface area contributed by atoms with Gasteiger partial charge in [-0.3, -0.25) is 9.59 Å². The van der Waals surface area contributed by atoms with Gasteiger partial charge >= 0.3 is 11.9 Å². The molecule has 0 bridgehead atoms. The molecule has 0 amide bonds. The minimum Gasteiger partial charge on any atom is -0.466 e. The molecule has 0 fully saturated rings. The number of rotatable bonds is 13. The van der Waals surface area contributed by atoms with Gasteiger partial charge in [0.2, 0.25) is 0 Å². The summed E-state index contributed by atoms with van der Waals surface area (Å²) in [6.45, 7) is 7.71. The van der Waals surface area contributed by atoms with Crippen LogP contribution in [0, 0.1) is 11.8 Å². The van der Waals surface area contributed by atoms with Crippen LogP contribution < -0.4 is 0 Å². The summed E-state index contributed by atoms with van der Waals surface area (Å²) >= 11 is 0. The fourth-order valence-corrected chi connectivity index (χ4v) is 3.84. The van der Waals surface area contributed by atoms with Crippen LogP contribution in [-0.2, 0) is 30.2 Å². The smallest absolute Gasteiger partial charge is 0.311 e. The highest BCUT2D eigenvalue weighted by Crippen LogP contribution is 2.26. The molecule has 6 nitrogen and oxygen atoms in total. The van der Waals surface area contributed by atoms with Crippen molar-refractivity contribution >= 4 is 11.9 Å². The Bertz CT molecular complexity index is 870. The molecule has 1 N–H and O–H groups in total. The molecule has 0 saturated carbocycles. The lowest BCUT2D eigenvalue weighted by Gasteiger charge is -2.25. The Balaban J connectivity index is 2.18. The third kappa shape index (κ3) is 10.1. The third-order valence-electron chi connectivity index (χ3n) is 5.25. The van der Waals surface area contributed by atoms with Crippen molar-refractivity contribution in [1.82, 2.24) is 0 Å². The van der Waals surface area contributed by atoms with Gasteiger partial charge < -0.3 is 19.3 Å². The lowest BCUT2D eigenvalue weighted by Crippen LogP contribution is -2.29. The molecule has 6 heteroatoms. The first-order valence-electron chi connectivity index (χ1n) is 11.9. The van der Waals surface area contributed by atoms with Crippen LogP contribution in [0.15, 0.2) is 54.6 Å². The highest BCUT2D eigenvalue weighted by molar-refractivity contribution is 5.73. The maximum absolute atomic E-state index is 12.6. The van der Waals surface area contributed by atoms with E-state index in [9.17, 15) is 9.59 Å². The summed E-state index contributed by atoms with van der Waals surface area (Å²) in [4.78, 5) is 25.2. The molecule has 2 aromatic rings. The first kappa shape index (κ1) is 27.5. The highest BCUT2D eigenvalue weighted by Gasteiger charge is 2.28. The molecule has 0 heterocycles. The van der Waals surface area contributed by atoms with Crippen molar-refractivity contribution < 1.29 is 28.9 Å². The van der Waals surface area contributed by atoms with Crippen LogP contribution in [0.1, 0.15) is 46.1 Å². The molecule has 0 aliphatic heterocycles. The molecule has 2 atom stereocenters. The zero-order chi connectivity index (χ0) is 25.0. The number of aliphatic hydroxyl groups excluding tert-OH is 1. The van der Waals surface area contributed by atoms with Gasteiger partial charge in [-0.2, -0.15) is 0 Å². The Morgan fingerprint density at radius 2 is 1.62 bits per heavy atom. The van der Waals surface area contributed by atoms with Gasteiger partial charge in [-0.1, -0.05) is 54.6 Å². The van der Waals surface area contributed by atoms with Crippen molar-refractivity contribution in [3.63, 3.8) is 0 Å². The number of benzene rings is 2. The molecule has 0 unspecified atom stereocenters. The van der Waals surface area contributed by atoms with Gasteiger partial charge in [0.15, 0.2) is 0 Å². The number of carbonyl (C=O) groups is 2. The SMILES string of the molecule is CCOC(=O)[C@H](COCCO)C[C@H](CC(=O)OC(C)(C)C)Cc1ccc(-c2ccccc2)cc1. The Kier molecular flexibility index (Phi) is 11.2. The summed E-state index contributed by atoms with van der Waals surface area (Å²) in [5, 5.41) is 9.03. The van der Waals surface area contributed by atoms with Crippen LogP contribution in [0.4, 0.5) is 0 Å². The van der Waals surface area contributed by atoms with E-state index >= 15 is 0 Å². The fourth-order valence-electron chi connectivity index (χ4n) is 3.84. The standard InChI is InChI=1S/C28H38O6/c1-5-33-27(31)25(20-32-16-15-29)18-22(19-26(30)34-28(2,3)4)17-21-11-13-24(14-12-21)23-9-7-6-8-10-23/h6-14,22,25,29H,5,15-20H2,1-4H3/t22-,25+/m1/s1. The van der Waals surface area contributed by atoms with Crippen LogP contribution in [0.2, 0.25) is 0 Å². The normalized spacial score (nSPS) is 13.2. The molecule has 0 aliphatic carbocycles. The van der Waals surface area contributed by atoms with E-state index in [1.807, 2.05) is 39.0 Å². The lowest BCUT2D eigenvalue weighted by molar-refractivity contribution is -0.158. The molecule has 2 aromatic carbocycles. The van der Waals surface area contributed by atoms with E-state index in [-0.39, 0.29) is 50.7 Å². The van der Waals surface area contributed by atoms with Crippen LogP contribution >= 0.6 is 0 Å². The average Bonchev–Trinajstić information content (AvgIpc) is 2.78. The largest absolute Gasteiger partial charge is 0.466 e. The lowest BCUT2D eigenvalue weighted by atomic mass is 9.87. The van der Waals surface area contributed by atoms with Crippen molar-refractivity contribution in [1.29, 1.82) is 0 Å². The number of carbonyl (C=O) groups excluding carboxylic acids is 2. The molecule has 34 heavy (non-hydrogen) atoms. The number of esters is 2. The molecule has 0 aliphatic rings. The van der Waals surface area contributed by atoms with Crippen LogP contribution in [-0.4, -0.2) is 49.1 Å². The van der Waals surface area contributed by atoms with Crippen molar-refractivity contribution in [2.75, 3.05) is 26.4 Å².